The Morgan fingerprint density at radius 3 is 2.49 bits per heavy atom. The van der Waals surface area contributed by atoms with Gasteiger partial charge in [-0.15, -0.1) is 0 Å². The van der Waals surface area contributed by atoms with Gasteiger partial charge in [0.05, 0.1) is 51.9 Å². The zero-order chi connectivity index (χ0) is 28.9. The lowest BCUT2D eigenvalue weighted by Gasteiger charge is -2.63. The lowest BCUT2D eigenvalue weighted by atomic mass is 9.54. The summed E-state index contributed by atoms with van der Waals surface area (Å²) in [6.07, 6.45) is 7.72. The van der Waals surface area contributed by atoms with Crippen LogP contribution in [-0.4, -0.2) is 89.8 Å². The fraction of sp³-hybridized carbons (Fsp3) is 0.379. The first kappa shape index (κ1) is 27.1. The van der Waals surface area contributed by atoms with Gasteiger partial charge in [-0.25, -0.2) is 14.5 Å². The van der Waals surface area contributed by atoms with Gasteiger partial charge in [-0.3, -0.25) is 0 Å². The van der Waals surface area contributed by atoms with Gasteiger partial charge in [0, 0.05) is 54.8 Å². The summed E-state index contributed by atoms with van der Waals surface area (Å²) >= 11 is 0. The number of rotatable bonds is 8. The summed E-state index contributed by atoms with van der Waals surface area (Å²) < 4.78 is 12.6. The Balaban J connectivity index is 1.22. The van der Waals surface area contributed by atoms with Crippen molar-refractivity contribution in [3.05, 3.63) is 66.2 Å². The summed E-state index contributed by atoms with van der Waals surface area (Å²) in [5.74, 6) is 1.90. The van der Waals surface area contributed by atoms with Crippen LogP contribution < -0.4 is 14.4 Å². The van der Waals surface area contributed by atoms with Gasteiger partial charge in [0.25, 0.3) is 0 Å². The van der Waals surface area contributed by atoms with E-state index in [-0.39, 0.29) is 18.7 Å². The van der Waals surface area contributed by atoms with E-state index >= 15 is 0 Å². The zero-order valence-corrected chi connectivity index (χ0v) is 23.2. The van der Waals surface area contributed by atoms with Crippen LogP contribution in [0.25, 0.3) is 16.6 Å². The molecule has 3 saturated heterocycles. The van der Waals surface area contributed by atoms with Crippen LogP contribution in [0.15, 0.2) is 55.1 Å². The first-order chi connectivity index (χ1) is 19.6. The number of ether oxygens (including phenoxy) is 2. The minimum absolute atomic E-state index is 0.109. The first-order valence-corrected chi connectivity index (χ1v) is 13.4. The van der Waals surface area contributed by atoms with Crippen molar-refractivity contribution >= 4 is 27.0 Å². The third kappa shape index (κ3) is 5.00. The molecule has 0 saturated carbocycles. The normalized spacial score (nSPS) is 19.0. The predicted octanol–water partition coefficient (Wildman–Crippen LogP) is 2.23. The molecule has 12 heteroatoms. The Labute approximate surface area is 241 Å². The van der Waals surface area contributed by atoms with Crippen molar-refractivity contribution in [1.82, 2.24) is 24.5 Å². The summed E-state index contributed by atoms with van der Waals surface area (Å²) in [7, 11) is 14.9. The third-order valence-electron chi connectivity index (χ3n) is 7.71. The summed E-state index contributed by atoms with van der Waals surface area (Å²) in [4.78, 5) is 13.5. The molecule has 3 aliphatic heterocycles. The molecular formula is C29H29B2N7O3. The van der Waals surface area contributed by atoms with Gasteiger partial charge in [0.1, 0.15) is 24.2 Å². The lowest BCUT2D eigenvalue weighted by Crippen LogP contribution is -2.74. The van der Waals surface area contributed by atoms with E-state index in [2.05, 4.69) is 26.0 Å². The van der Waals surface area contributed by atoms with E-state index in [1.54, 1.807) is 50.1 Å². The van der Waals surface area contributed by atoms with Crippen LogP contribution in [0, 0.1) is 11.3 Å². The van der Waals surface area contributed by atoms with Gasteiger partial charge < -0.3 is 24.4 Å². The second-order valence-corrected chi connectivity index (χ2v) is 11.3. The van der Waals surface area contributed by atoms with E-state index in [4.69, 9.17) is 30.2 Å². The van der Waals surface area contributed by atoms with E-state index in [9.17, 15) is 10.4 Å². The van der Waals surface area contributed by atoms with E-state index in [0.717, 1.165) is 42.0 Å². The average Bonchev–Trinajstić information content (AvgIpc) is 3.38. The molecule has 0 aromatic carbocycles. The molecule has 2 unspecified atom stereocenters. The van der Waals surface area contributed by atoms with Gasteiger partial charge in [0.2, 0.25) is 5.88 Å². The molecule has 7 heterocycles. The van der Waals surface area contributed by atoms with Gasteiger partial charge in [-0.05, 0) is 49.4 Å². The number of methoxy groups -OCH3 is 1. The van der Waals surface area contributed by atoms with E-state index in [1.807, 2.05) is 24.3 Å². The summed E-state index contributed by atoms with van der Waals surface area (Å²) in [6, 6.07) is 12.0. The van der Waals surface area contributed by atoms with Crippen LogP contribution in [0.2, 0.25) is 0 Å². The Morgan fingerprint density at radius 2 is 1.88 bits per heavy atom. The number of hydrogen-bond acceptors (Lipinski definition) is 9. The fourth-order valence-electron chi connectivity index (χ4n) is 5.76. The standard InChI is InChI=1S/C29H29B2N7O3/c1-28(2,39)17-41-23-9-24(27-19(10-32)12-35-37(27)16-23)18-4-6-25(33-11-18)36-14-21-8-22(15-36)38(21)29(30,31)20-5-7-26(40-3)34-13-20/h4-7,9,11-13,16,21-22,39H,8,14-15,17H2,1-3H3. The summed E-state index contributed by atoms with van der Waals surface area (Å²) in [5.41, 5.74) is 2.45. The highest BCUT2D eigenvalue weighted by Gasteiger charge is 2.50. The highest BCUT2D eigenvalue weighted by Crippen LogP contribution is 2.41. The number of anilines is 1. The van der Waals surface area contributed by atoms with Crippen molar-refractivity contribution in [2.75, 3.05) is 31.7 Å². The van der Waals surface area contributed by atoms with Crippen LogP contribution in [0.3, 0.4) is 0 Å². The number of aromatic nitrogens is 4. The number of nitrogens with zero attached hydrogens (tertiary/aromatic N) is 7. The van der Waals surface area contributed by atoms with Crippen LogP contribution >= 0.6 is 0 Å². The molecular weight excluding hydrogens is 516 g/mol. The molecule has 4 aromatic heterocycles. The maximum absolute atomic E-state index is 10.1. The topological polar surface area (TPSA) is 112 Å². The Morgan fingerprint density at radius 1 is 1.10 bits per heavy atom. The minimum Gasteiger partial charge on any atom is -0.489 e. The van der Waals surface area contributed by atoms with Crippen LogP contribution in [0.5, 0.6) is 11.6 Å². The van der Waals surface area contributed by atoms with E-state index in [1.165, 1.54) is 6.20 Å². The molecule has 4 radical (unpaired) electrons. The molecule has 0 spiro atoms. The molecule has 3 fully saturated rings. The Kier molecular flexibility index (Phi) is 6.67. The molecule has 10 nitrogen and oxygen atoms in total. The van der Waals surface area contributed by atoms with Gasteiger partial charge in [-0.2, -0.15) is 10.4 Å². The number of aliphatic hydroxyl groups is 1. The molecule has 7 rings (SSSR count). The first-order valence-electron chi connectivity index (χ1n) is 13.4. The maximum Gasteiger partial charge on any atom is 0.212 e. The molecule has 2 bridgehead atoms. The molecule has 1 N–H and O–H groups in total. The number of hydrogen-bond donors (Lipinski definition) is 1. The molecule has 4 aromatic rings. The van der Waals surface area contributed by atoms with E-state index in [0.29, 0.717) is 22.7 Å². The molecule has 0 aliphatic carbocycles. The third-order valence-corrected chi connectivity index (χ3v) is 7.71. The highest BCUT2D eigenvalue weighted by atomic mass is 16.5. The smallest absolute Gasteiger partial charge is 0.212 e. The molecule has 3 aliphatic rings. The number of pyridine rings is 3. The summed E-state index contributed by atoms with van der Waals surface area (Å²) in [6.45, 7) is 4.95. The van der Waals surface area contributed by atoms with Crippen LogP contribution in [-0.2, 0) is 5.34 Å². The second kappa shape index (κ2) is 10.1. The Bertz CT molecular complexity index is 1600. The van der Waals surface area contributed by atoms with Crippen molar-refractivity contribution in [3.63, 3.8) is 0 Å². The fourth-order valence-corrected chi connectivity index (χ4v) is 5.76. The molecule has 2 atom stereocenters. The lowest BCUT2D eigenvalue weighted by molar-refractivity contribution is -0.0304. The largest absolute Gasteiger partial charge is 0.489 e. The minimum atomic E-state index is -1.14. The SMILES string of the molecule is [B]C([B])(c1ccc(OC)nc1)N1C2CC1CN(c1ccc(-c3cc(OCC(C)(C)O)cn4ncc(C#N)c34)cn1)C2. The number of piperazine rings is 1. The summed E-state index contributed by atoms with van der Waals surface area (Å²) in [5, 5.41) is 23.0. The van der Waals surface area contributed by atoms with Gasteiger partial charge >= 0.3 is 0 Å². The molecule has 204 valence electrons. The molecule has 0 amide bonds. The van der Waals surface area contributed by atoms with E-state index < -0.39 is 10.9 Å². The van der Waals surface area contributed by atoms with Crippen LogP contribution in [0.1, 0.15) is 31.4 Å². The zero-order valence-electron chi connectivity index (χ0n) is 23.2. The highest BCUT2D eigenvalue weighted by molar-refractivity contribution is 6.39. The van der Waals surface area contributed by atoms with Crippen molar-refractivity contribution in [2.24, 2.45) is 0 Å². The Hall–Kier alpha value is -4.07. The van der Waals surface area contributed by atoms with Crippen LogP contribution in [0.4, 0.5) is 5.82 Å². The number of fused-ring (bicyclic) bond motifs is 3. The van der Waals surface area contributed by atoms with Gasteiger partial charge in [-0.1, -0.05) is 6.07 Å². The maximum atomic E-state index is 10.1. The predicted molar refractivity (Wildman–Crippen MR) is 155 cm³/mol. The average molecular weight is 545 g/mol. The van der Waals surface area contributed by atoms with Crippen molar-refractivity contribution in [2.45, 2.75) is 43.3 Å². The van der Waals surface area contributed by atoms with Gasteiger partial charge in [0.15, 0.2) is 0 Å². The second-order valence-electron chi connectivity index (χ2n) is 11.3. The monoisotopic (exact) mass is 545 g/mol. The quantitative estimate of drug-likeness (QED) is 0.334. The number of nitriles is 1. The number of piperidine rings is 1. The molecule has 41 heavy (non-hydrogen) atoms. The van der Waals surface area contributed by atoms with Crippen molar-refractivity contribution in [3.8, 4) is 28.8 Å². The van der Waals surface area contributed by atoms with Crippen molar-refractivity contribution < 1.29 is 14.6 Å². The van der Waals surface area contributed by atoms with Crippen molar-refractivity contribution in [1.29, 1.82) is 5.26 Å².